The van der Waals surface area contributed by atoms with Crippen LogP contribution in [0.3, 0.4) is 0 Å². The van der Waals surface area contributed by atoms with Crippen molar-refractivity contribution in [1.29, 1.82) is 0 Å². The summed E-state index contributed by atoms with van der Waals surface area (Å²) in [6.07, 6.45) is 0.250. The van der Waals surface area contributed by atoms with Crippen molar-refractivity contribution in [3.05, 3.63) is 48.3 Å². The second-order valence-corrected chi connectivity index (χ2v) is 5.70. The Morgan fingerprint density at radius 1 is 1.35 bits per heavy atom. The van der Waals surface area contributed by atoms with Crippen molar-refractivity contribution in [2.75, 3.05) is 0 Å². The van der Waals surface area contributed by atoms with E-state index in [1.165, 1.54) is 4.57 Å². The van der Waals surface area contributed by atoms with Crippen LogP contribution < -0.4 is 15.4 Å². The molecule has 1 N–H and O–H groups in total. The quantitative estimate of drug-likeness (QED) is 0.823. The molecule has 0 bridgehead atoms. The van der Waals surface area contributed by atoms with Crippen LogP contribution in [0.15, 0.2) is 28.0 Å². The number of halogens is 1. The summed E-state index contributed by atoms with van der Waals surface area (Å²) >= 11 is 6.77. The van der Waals surface area contributed by atoms with E-state index in [2.05, 4.69) is 4.99 Å². The molecule has 1 aromatic heterocycles. The van der Waals surface area contributed by atoms with E-state index in [0.29, 0.717) is 22.1 Å². The monoisotopic (exact) mass is 352 g/mol. The highest BCUT2D eigenvalue weighted by Gasteiger charge is 2.25. The Balaban J connectivity index is 0.000000595. The van der Waals surface area contributed by atoms with E-state index in [4.69, 9.17) is 21.2 Å². The van der Waals surface area contributed by atoms with Gasteiger partial charge in [0.05, 0.1) is 10.9 Å². The van der Waals surface area contributed by atoms with Gasteiger partial charge in [-0.2, -0.15) is 9.59 Å². The summed E-state index contributed by atoms with van der Waals surface area (Å²) in [7, 11) is 0. The number of benzene rings is 1. The summed E-state index contributed by atoms with van der Waals surface area (Å²) in [5.74, 6) is -0.670. The number of carbonyl (C=O) groups excluding carboxylic acids is 3. The zero-order chi connectivity index (χ0) is 17.1. The molecule has 7 nitrogen and oxygen atoms in total. The lowest BCUT2D eigenvalue weighted by Gasteiger charge is -2.00. The fraction of sp³-hybridized carbons (Fsp3) is 0.143. The maximum Gasteiger partial charge on any atom is 0.373 e. The summed E-state index contributed by atoms with van der Waals surface area (Å²) in [5.41, 5.74) is 0.231. The summed E-state index contributed by atoms with van der Waals surface area (Å²) in [5, 5.41) is 11.6. The summed E-state index contributed by atoms with van der Waals surface area (Å²) in [6.45, 7) is 2.08. The largest absolute Gasteiger partial charge is 0.493 e. The Bertz CT molecular complexity index is 999. The number of rotatable bonds is 2. The molecule has 9 heteroatoms. The number of hydrogen-bond acceptors (Lipinski definition) is 6. The van der Waals surface area contributed by atoms with E-state index in [9.17, 15) is 14.7 Å². The molecule has 1 amide bonds. The molecule has 0 saturated carbocycles. The topological polar surface area (TPSA) is 106 Å². The summed E-state index contributed by atoms with van der Waals surface area (Å²) in [6, 6.07) is 4.89. The van der Waals surface area contributed by atoms with Crippen molar-refractivity contribution in [2.45, 2.75) is 13.5 Å². The first-order valence-corrected chi connectivity index (χ1v) is 7.49. The van der Waals surface area contributed by atoms with Crippen molar-refractivity contribution in [3.63, 3.8) is 0 Å². The van der Waals surface area contributed by atoms with Gasteiger partial charge in [-0.05, 0) is 25.1 Å². The molecule has 0 atom stereocenters. The van der Waals surface area contributed by atoms with Crippen LogP contribution in [0.4, 0.5) is 0 Å². The van der Waals surface area contributed by atoms with Crippen LogP contribution >= 0.6 is 22.9 Å². The fourth-order valence-electron chi connectivity index (χ4n) is 2.14. The van der Waals surface area contributed by atoms with Gasteiger partial charge >= 0.3 is 11.0 Å². The van der Waals surface area contributed by atoms with Crippen molar-refractivity contribution in [3.8, 4) is 5.88 Å². The van der Waals surface area contributed by atoms with E-state index in [0.717, 1.165) is 11.3 Å². The third kappa shape index (κ3) is 3.00. The highest BCUT2D eigenvalue weighted by molar-refractivity contribution is 7.11. The summed E-state index contributed by atoms with van der Waals surface area (Å²) in [4.78, 5) is 43.9. The van der Waals surface area contributed by atoms with Crippen molar-refractivity contribution >= 4 is 40.6 Å². The number of carbonyl (C=O) groups is 1. The zero-order valence-electron chi connectivity index (χ0n) is 11.7. The molecule has 0 unspecified atom stereocenters. The van der Waals surface area contributed by atoms with Crippen LogP contribution in [0.5, 0.6) is 5.88 Å². The molecule has 2 heterocycles. The molecule has 2 aromatic rings. The minimum atomic E-state index is -0.470. The third-order valence-electron chi connectivity index (χ3n) is 3.08. The van der Waals surface area contributed by atoms with Gasteiger partial charge in [-0.1, -0.05) is 22.9 Å². The van der Waals surface area contributed by atoms with Crippen LogP contribution in [-0.4, -0.2) is 21.7 Å². The Morgan fingerprint density at radius 3 is 2.57 bits per heavy atom. The number of nitrogens with zero attached hydrogens (tertiary/aromatic N) is 2. The number of thiazole rings is 1. The van der Waals surface area contributed by atoms with Crippen LogP contribution in [0, 0.1) is 0 Å². The van der Waals surface area contributed by atoms with Gasteiger partial charge in [-0.15, -0.1) is 0 Å². The first-order chi connectivity index (χ1) is 10.9. The minimum absolute atomic E-state index is 0.200. The van der Waals surface area contributed by atoms with E-state index >= 15 is 0 Å². The van der Waals surface area contributed by atoms with Crippen molar-refractivity contribution in [2.24, 2.45) is 4.99 Å². The molecule has 0 radical (unpaired) electrons. The smallest absolute Gasteiger partial charge is 0.373 e. The van der Waals surface area contributed by atoms with Gasteiger partial charge < -0.3 is 5.11 Å². The van der Waals surface area contributed by atoms with E-state index in [-0.39, 0.29) is 27.4 Å². The van der Waals surface area contributed by atoms with Crippen molar-refractivity contribution in [1.82, 2.24) is 4.57 Å². The number of amides is 1. The van der Waals surface area contributed by atoms with Gasteiger partial charge in [0.15, 0.2) is 0 Å². The van der Waals surface area contributed by atoms with Crippen LogP contribution in [0.25, 0.3) is 5.57 Å². The molecular formula is C14H9ClN2O5S. The predicted molar refractivity (Wildman–Crippen MR) is 80.7 cm³/mol. The molecule has 1 aromatic carbocycles. The zero-order valence-corrected chi connectivity index (χ0v) is 13.3. The first kappa shape index (κ1) is 16.8. The second kappa shape index (κ2) is 6.70. The number of fused-ring (bicyclic) bond motifs is 1. The lowest BCUT2D eigenvalue weighted by Crippen LogP contribution is -2.22. The lowest BCUT2D eigenvalue weighted by atomic mass is 10.1. The molecule has 0 aliphatic carbocycles. The number of aromatic nitrogens is 1. The molecule has 0 saturated heterocycles. The average Bonchev–Trinajstić information content (AvgIpc) is 2.95. The first-order valence-electron chi connectivity index (χ1n) is 6.29. The Kier molecular flexibility index (Phi) is 4.90. The second-order valence-electron chi connectivity index (χ2n) is 4.30. The van der Waals surface area contributed by atoms with Gasteiger partial charge in [0.25, 0.3) is 5.91 Å². The van der Waals surface area contributed by atoms with Gasteiger partial charge in [0.2, 0.25) is 5.88 Å². The Morgan fingerprint density at radius 2 is 2.00 bits per heavy atom. The minimum Gasteiger partial charge on any atom is -0.493 e. The Labute approximate surface area is 137 Å². The predicted octanol–water partition coefficient (Wildman–Crippen LogP) is 0.0640. The highest BCUT2D eigenvalue weighted by atomic mass is 35.5. The van der Waals surface area contributed by atoms with E-state index < -0.39 is 5.91 Å². The fourth-order valence-corrected chi connectivity index (χ4v) is 3.32. The van der Waals surface area contributed by atoms with Gasteiger partial charge in [-0.25, -0.2) is 4.99 Å². The van der Waals surface area contributed by atoms with E-state index in [1.54, 1.807) is 25.1 Å². The highest BCUT2D eigenvalue weighted by Crippen LogP contribution is 2.28. The van der Waals surface area contributed by atoms with Crippen LogP contribution in [0.2, 0.25) is 5.02 Å². The van der Waals surface area contributed by atoms with Crippen LogP contribution in [0.1, 0.15) is 11.8 Å². The van der Waals surface area contributed by atoms with Gasteiger partial charge in [-0.3, -0.25) is 14.2 Å². The molecule has 0 spiro atoms. The number of hydrogen-bond donors (Lipinski definition) is 1. The summed E-state index contributed by atoms with van der Waals surface area (Å²) < 4.78 is 1.21. The van der Waals surface area contributed by atoms with Crippen molar-refractivity contribution < 1.29 is 19.5 Å². The third-order valence-corrected chi connectivity index (χ3v) is 4.30. The lowest BCUT2D eigenvalue weighted by molar-refractivity contribution is -0.191. The maximum atomic E-state index is 12.0. The van der Waals surface area contributed by atoms with Crippen LogP contribution in [-0.2, 0) is 20.9 Å². The average molecular weight is 353 g/mol. The maximum absolute atomic E-state index is 12.0. The molecule has 0 fully saturated rings. The SMILES string of the molecule is CCn1c(O)c(C2=c3cc(Cl)ccc3=NC2=O)sc1=O.O=C=O. The van der Waals surface area contributed by atoms with E-state index in [1.807, 2.05) is 0 Å². The molecular weight excluding hydrogens is 344 g/mol. The Hall–Kier alpha value is -2.54. The molecule has 23 heavy (non-hydrogen) atoms. The normalized spacial score (nSPS) is 12.1. The number of aromatic hydroxyl groups is 1. The molecule has 118 valence electrons. The van der Waals surface area contributed by atoms with Gasteiger partial charge in [0.1, 0.15) is 4.88 Å². The molecule has 1 aliphatic rings. The molecule has 1 aliphatic heterocycles. The molecule has 3 rings (SSSR count). The van der Waals surface area contributed by atoms with Gasteiger partial charge in [0, 0.05) is 16.8 Å². The standard InChI is InChI=1S/C13H9ClN2O3S.CO2/c1-2-16-12(18)10(20-13(16)19)9-7-5-6(14)3-4-8(7)15-11(9)17;2-1-3/h3-5,18H,2H2,1H3;.